The summed E-state index contributed by atoms with van der Waals surface area (Å²) >= 11 is 0. The molecule has 0 saturated carbocycles. The van der Waals surface area contributed by atoms with Crippen LogP contribution in [-0.4, -0.2) is 22.9 Å². The highest BCUT2D eigenvalue weighted by Gasteiger charge is 2.15. The summed E-state index contributed by atoms with van der Waals surface area (Å²) in [5.74, 6) is -1.81. The Hall–Kier alpha value is -0.610. The van der Waals surface area contributed by atoms with Crippen LogP contribution in [0.1, 0.15) is 6.92 Å². The minimum Gasteiger partial charge on any atom is -0.480 e. The van der Waals surface area contributed by atoms with Crippen LogP contribution in [0.3, 0.4) is 0 Å². The molecule has 0 aromatic carbocycles. The van der Waals surface area contributed by atoms with Gasteiger partial charge in [0.25, 0.3) is 0 Å². The van der Waals surface area contributed by atoms with Crippen molar-refractivity contribution in [3.63, 3.8) is 0 Å². The molecule has 0 radical (unpaired) electrons. The number of Topliss-reactive ketones (excluding diaryl/α,β-unsaturated/α-hetero) is 1. The number of hydrogen-bond donors (Lipinski definition) is 2. The van der Waals surface area contributed by atoms with Crippen LogP contribution in [0.15, 0.2) is 0 Å². The zero-order valence-corrected chi connectivity index (χ0v) is 5.64. The first kappa shape index (κ1) is 11.2. The summed E-state index contributed by atoms with van der Waals surface area (Å²) < 4.78 is 0. The zero-order valence-electron chi connectivity index (χ0n) is 4.83. The van der Waals surface area contributed by atoms with Gasteiger partial charge in [0.15, 0.2) is 11.8 Å². The first-order valence-corrected chi connectivity index (χ1v) is 2.04. The monoisotopic (exact) mass is 153 g/mol. The highest BCUT2D eigenvalue weighted by Crippen LogP contribution is 1.77. The van der Waals surface area contributed by atoms with Crippen LogP contribution >= 0.6 is 12.4 Å². The minimum absolute atomic E-state index is 0. The molecule has 0 aromatic rings. The highest BCUT2D eigenvalue weighted by molar-refractivity contribution is 6.00. The van der Waals surface area contributed by atoms with Gasteiger partial charge < -0.3 is 10.8 Å². The van der Waals surface area contributed by atoms with Gasteiger partial charge >= 0.3 is 5.97 Å². The largest absolute Gasteiger partial charge is 0.480 e. The second kappa shape index (κ2) is 4.29. The number of carboxylic acids is 1. The lowest BCUT2D eigenvalue weighted by Gasteiger charge is -1.96. The van der Waals surface area contributed by atoms with Gasteiger partial charge in [0.05, 0.1) is 0 Å². The molecule has 0 bridgehead atoms. The van der Waals surface area contributed by atoms with Crippen molar-refractivity contribution in [2.75, 3.05) is 0 Å². The number of carbonyl (C=O) groups is 2. The van der Waals surface area contributed by atoms with Crippen LogP contribution in [0, 0.1) is 0 Å². The predicted octanol–water partition coefficient (Wildman–Crippen LogP) is -0.591. The van der Waals surface area contributed by atoms with E-state index in [1.54, 1.807) is 0 Å². The quantitative estimate of drug-likeness (QED) is 0.520. The van der Waals surface area contributed by atoms with Crippen molar-refractivity contribution in [3.05, 3.63) is 0 Å². The molecule has 4 nitrogen and oxygen atoms in total. The lowest BCUT2D eigenvalue weighted by atomic mass is 10.2. The number of aliphatic carboxylic acids is 1. The van der Waals surface area contributed by atoms with Crippen molar-refractivity contribution in [3.8, 4) is 0 Å². The first-order valence-electron chi connectivity index (χ1n) is 2.04. The summed E-state index contributed by atoms with van der Waals surface area (Å²) in [6.07, 6.45) is 0. The molecule has 0 rings (SSSR count). The number of ketones is 1. The van der Waals surface area contributed by atoms with E-state index >= 15 is 0 Å². The topological polar surface area (TPSA) is 80.4 Å². The molecule has 0 fully saturated rings. The Morgan fingerprint density at radius 3 is 1.89 bits per heavy atom. The predicted molar refractivity (Wildman–Crippen MR) is 33.5 cm³/mol. The molecule has 0 heterocycles. The number of carboxylic acid groups (broad SMARTS) is 1. The van der Waals surface area contributed by atoms with Gasteiger partial charge in [-0.3, -0.25) is 9.59 Å². The second-order valence-electron chi connectivity index (χ2n) is 1.43. The average molecular weight is 154 g/mol. The van der Waals surface area contributed by atoms with Gasteiger partial charge in [-0.05, 0) is 6.92 Å². The zero-order chi connectivity index (χ0) is 6.73. The Bertz CT molecular complexity index is 111. The van der Waals surface area contributed by atoms with Gasteiger partial charge in [0, 0.05) is 0 Å². The van der Waals surface area contributed by atoms with Crippen molar-refractivity contribution in [1.29, 1.82) is 0 Å². The van der Waals surface area contributed by atoms with Crippen molar-refractivity contribution in [1.82, 2.24) is 0 Å². The van der Waals surface area contributed by atoms with E-state index in [2.05, 4.69) is 0 Å². The molecule has 0 aliphatic carbocycles. The highest BCUT2D eigenvalue weighted by atomic mass is 35.5. The third kappa shape index (κ3) is 3.93. The summed E-state index contributed by atoms with van der Waals surface area (Å²) in [7, 11) is 0. The third-order valence-corrected chi connectivity index (χ3v) is 0.704. The van der Waals surface area contributed by atoms with Crippen LogP contribution in [0.25, 0.3) is 0 Å². The van der Waals surface area contributed by atoms with E-state index < -0.39 is 17.8 Å². The molecule has 54 valence electrons. The molecular formula is C4H8ClNO3. The summed E-state index contributed by atoms with van der Waals surface area (Å²) in [6, 6.07) is -1.35. The SMILES string of the molecule is CC(=O)C(N)C(=O)O.Cl. The van der Waals surface area contributed by atoms with E-state index in [0.29, 0.717) is 0 Å². The molecule has 0 saturated heterocycles. The molecular weight excluding hydrogens is 146 g/mol. The van der Waals surface area contributed by atoms with Gasteiger partial charge in [0.1, 0.15) is 0 Å². The van der Waals surface area contributed by atoms with Crippen molar-refractivity contribution >= 4 is 24.2 Å². The molecule has 0 aliphatic heterocycles. The molecule has 0 spiro atoms. The summed E-state index contributed by atoms with van der Waals surface area (Å²) in [6.45, 7) is 1.14. The Labute approximate surface area is 58.4 Å². The van der Waals surface area contributed by atoms with Crippen molar-refractivity contribution in [2.45, 2.75) is 13.0 Å². The number of halogens is 1. The Balaban J connectivity index is 0. The Morgan fingerprint density at radius 2 is 1.89 bits per heavy atom. The lowest BCUT2D eigenvalue weighted by molar-refractivity contribution is -0.141. The van der Waals surface area contributed by atoms with E-state index in [0.717, 1.165) is 6.92 Å². The summed E-state index contributed by atoms with van der Waals surface area (Å²) in [5, 5.41) is 8.01. The fourth-order valence-corrected chi connectivity index (χ4v) is 0.174. The molecule has 1 unspecified atom stereocenters. The fourth-order valence-electron chi connectivity index (χ4n) is 0.174. The maximum absolute atomic E-state index is 10.1. The van der Waals surface area contributed by atoms with Crippen LogP contribution in [0.5, 0.6) is 0 Å². The lowest BCUT2D eigenvalue weighted by Crippen LogP contribution is -2.36. The molecule has 9 heavy (non-hydrogen) atoms. The average Bonchev–Trinajstić information content (AvgIpc) is 1.64. The normalized spacial score (nSPS) is 11.3. The Kier molecular flexibility index (Phi) is 5.34. The van der Waals surface area contributed by atoms with Gasteiger partial charge in [-0.1, -0.05) is 0 Å². The third-order valence-electron chi connectivity index (χ3n) is 0.704. The molecule has 0 amide bonds. The maximum atomic E-state index is 10.1. The summed E-state index contributed by atoms with van der Waals surface area (Å²) in [4.78, 5) is 19.9. The molecule has 5 heteroatoms. The van der Waals surface area contributed by atoms with Crippen LogP contribution in [0.2, 0.25) is 0 Å². The van der Waals surface area contributed by atoms with Gasteiger partial charge in [0.2, 0.25) is 0 Å². The number of rotatable bonds is 2. The molecule has 0 aromatic heterocycles. The van der Waals surface area contributed by atoms with E-state index in [4.69, 9.17) is 10.8 Å². The molecule has 1 atom stereocenters. The molecule has 3 N–H and O–H groups in total. The second-order valence-corrected chi connectivity index (χ2v) is 1.43. The maximum Gasteiger partial charge on any atom is 0.328 e. The van der Waals surface area contributed by atoms with Gasteiger partial charge in [-0.2, -0.15) is 0 Å². The first-order chi connectivity index (χ1) is 3.55. The van der Waals surface area contributed by atoms with E-state index in [1.807, 2.05) is 0 Å². The molecule has 0 aliphatic rings. The van der Waals surface area contributed by atoms with Crippen LogP contribution in [-0.2, 0) is 9.59 Å². The smallest absolute Gasteiger partial charge is 0.328 e. The number of nitrogens with two attached hydrogens (primary N) is 1. The van der Waals surface area contributed by atoms with Crippen molar-refractivity contribution in [2.24, 2.45) is 5.73 Å². The van der Waals surface area contributed by atoms with E-state index in [-0.39, 0.29) is 12.4 Å². The summed E-state index contributed by atoms with van der Waals surface area (Å²) in [5.41, 5.74) is 4.81. The number of carbonyl (C=O) groups excluding carboxylic acids is 1. The van der Waals surface area contributed by atoms with Gasteiger partial charge in [-0.15, -0.1) is 12.4 Å². The van der Waals surface area contributed by atoms with Crippen molar-refractivity contribution < 1.29 is 14.7 Å². The standard InChI is InChI=1S/C4H7NO3.ClH/c1-2(6)3(5)4(7)8;/h3H,5H2,1H3,(H,7,8);1H. The van der Waals surface area contributed by atoms with E-state index in [1.165, 1.54) is 0 Å². The fraction of sp³-hybridized carbons (Fsp3) is 0.500. The Morgan fingerprint density at radius 1 is 1.56 bits per heavy atom. The van der Waals surface area contributed by atoms with Crippen LogP contribution in [0.4, 0.5) is 0 Å². The van der Waals surface area contributed by atoms with Gasteiger partial charge in [-0.25, -0.2) is 0 Å². The minimum atomic E-state index is -1.35. The van der Waals surface area contributed by atoms with Crippen LogP contribution < -0.4 is 5.73 Å². The number of hydrogen-bond acceptors (Lipinski definition) is 3. The van der Waals surface area contributed by atoms with E-state index in [9.17, 15) is 9.59 Å².